The van der Waals surface area contributed by atoms with E-state index in [2.05, 4.69) is 21.7 Å². The van der Waals surface area contributed by atoms with Gasteiger partial charge in [0, 0.05) is 25.7 Å². The number of halogens is 3. The number of amides is 1. The van der Waals surface area contributed by atoms with Crippen LogP contribution >= 0.6 is 0 Å². The van der Waals surface area contributed by atoms with Crippen molar-refractivity contribution < 1.29 is 41.8 Å². The molecule has 3 N–H and O–H groups in total. The SMILES string of the molecule is COC[C@@H]1C[C@@H](NC(=O)c2ncc(-c3cc(C#N)ccc3OC3CC3)o2)CN1.O=C(O)C(F)(F)F. The molecular formula is C22H23F3N4O6. The Morgan fingerprint density at radius 1 is 1.37 bits per heavy atom. The Hall–Kier alpha value is -3.63. The summed E-state index contributed by atoms with van der Waals surface area (Å²) in [5.74, 6) is -2.10. The molecule has 1 aromatic heterocycles. The van der Waals surface area contributed by atoms with E-state index in [4.69, 9.17) is 23.8 Å². The highest BCUT2D eigenvalue weighted by molar-refractivity contribution is 5.90. The van der Waals surface area contributed by atoms with Gasteiger partial charge in [0.25, 0.3) is 5.89 Å². The van der Waals surface area contributed by atoms with Crippen molar-refractivity contribution in [1.29, 1.82) is 5.26 Å². The van der Waals surface area contributed by atoms with Crippen molar-refractivity contribution in [3.8, 4) is 23.1 Å². The summed E-state index contributed by atoms with van der Waals surface area (Å²) >= 11 is 0. The van der Waals surface area contributed by atoms with Crippen molar-refractivity contribution in [2.75, 3.05) is 20.3 Å². The summed E-state index contributed by atoms with van der Waals surface area (Å²) in [7, 11) is 1.66. The fraction of sp³-hybridized carbons (Fsp3) is 0.455. The zero-order valence-electron chi connectivity index (χ0n) is 18.6. The minimum atomic E-state index is -5.08. The molecule has 0 radical (unpaired) electrons. The van der Waals surface area contributed by atoms with E-state index < -0.39 is 12.1 Å². The standard InChI is InChI=1S/C20H22N4O4.C2HF3O2/c1-26-11-14-7-13(9-22-14)24-19(25)20-23-10-18(28-20)16-6-12(8-21)2-5-17(16)27-15-3-4-15;3-2(4,5)1(6)7/h2,5-6,10,13-15,22H,3-4,7,9,11H2,1H3,(H,24,25);(H,6,7)/t13-,14+;/m1./s1. The number of benzene rings is 1. The van der Waals surface area contributed by atoms with Crippen molar-refractivity contribution in [2.45, 2.75) is 43.6 Å². The van der Waals surface area contributed by atoms with Gasteiger partial charge in [-0.2, -0.15) is 18.4 Å². The third-order valence-electron chi connectivity index (χ3n) is 5.06. The van der Waals surface area contributed by atoms with Crippen LogP contribution in [0.2, 0.25) is 0 Å². The van der Waals surface area contributed by atoms with E-state index in [9.17, 15) is 23.2 Å². The largest absolute Gasteiger partial charge is 0.490 e. The molecule has 0 spiro atoms. The molecule has 2 heterocycles. The van der Waals surface area contributed by atoms with Crippen LogP contribution in [0.15, 0.2) is 28.8 Å². The Morgan fingerprint density at radius 3 is 2.69 bits per heavy atom. The second-order valence-corrected chi connectivity index (χ2v) is 7.94. The van der Waals surface area contributed by atoms with E-state index in [-0.39, 0.29) is 30.0 Å². The van der Waals surface area contributed by atoms with Gasteiger partial charge in [0.05, 0.1) is 36.1 Å². The summed E-state index contributed by atoms with van der Waals surface area (Å²) < 4.78 is 48.5. The Morgan fingerprint density at radius 2 is 2.09 bits per heavy atom. The molecule has 10 nitrogen and oxygen atoms in total. The molecule has 1 aromatic carbocycles. The van der Waals surface area contributed by atoms with E-state index in [1.165, 1.54) is 6.20 Å². The second kappa shape index (κ2) is 11.2. The lowest BCUT2D eigenvalue weighted by atomic mass is 10.1. The lowest BCUT2D eigenvalue weighted by Gasteiger charge is -2.11. The molecule has 2 fully saturated rings. The first kappa shape index (κ1) is 26.0. The highest BCUT2D eigenvalue weighted by atomic mass is 19.4. The predicted molar refractivity (Wildman–Crippen MR) is 114 cm³/mol. The topological polar surface area (TPSA) is 147 Å². The number of carbonyl (C=O) groups is 2. The van der Waals surface area contributed by atoms with Crippen LogP contribution in [-0.2, 0) is 9.53 Å². The zero-order chi connectivity index (χ0) is 25.6. The number of hydrogen-bond acceptors (Lipinski definition) is 8. The molecule has 4 rings (SSSR count). The van der Waals surface area contributed by atoms with E-state index in [0.717, 1.165) is 19.3 Å². The highest BCUT2D eigenvalue weighted by Crippen LogP contribution is 2.36. The lowest BCUT2D eigenvalue weighted by Crippen LogP contribution is -2.36. The van der Waals surface area contributed by atoms with Crippen LogP contribution < -0.4 is 15.4 Å². The van der Waals surface area contributed by atoms with Gasteiger partial charge in [0.15, 0.2) is 5.76 Å². The van der Waals surface area contributed by atoms with Crippen LogP contribution in [0.1, 0.15) is 35.5 Å². The first-order valence-corrected chi connectivity index (χ1v) is 10.6. The fourth-order valence-corrected chi connectivity index (χ4v) is 3.27. The molecule has 1 amide bonds. The molecule has 35 heavy (non-hydrogen) atoms. The summed E-state index contributed by atoms with van der Waals surface area (Å²) in [6.45, 7) is 1.28. The maximum Gasteiger partial charge on any atom is 0.490 e. The van der Waals surface area contributed by atoms with Crippen LogP contribution in [0.5, 0.6) is 5.75 Å². The average Bonchev–Trinajstić information content (AvgIpc) is 3.29. The zero-order valence-corrected chi connectivity index (χ0v) is 18.6. The number of ether oxygens (including phenoxy) is 2. The second-order valence-electron chi connectivity index (χ2n) is 7.94. The van der Waals surface area contributed by atoms with Gasteiger partial charge in [-0.05, 0) is 37.5 Å². The predicted octanol–water partition coefficient (Wildman–Crippen LogP) is 2.49. The monoisotopic (exact) mass is 496 g/mol. The van der Waals surface area contributed by atoms with Crippen LogP contribution in [0.25, 0.3) is 11.3 Å². The molecule has 2 aliphatic rings. The Kier molecular flexibility index (Phi) is 8.31. The van der Waals surface area contributed by atoms with Gasteiger partial charge in [0.2, 0.25) is 0 Å². The first-order valence-electron chi connectivity index (χ1n) is 10.6. The number of nitrogens with zero attached hydrogens (tertiary/aromatic N) is 2. The van der Waals surface area contributed by atoms with Crippen molar-refractivity contribution >= 4 is 11.9 Å². The number of nitriles is 1. The van der Waals surface area contributed by atoms with Gasteiger partial charge in [-0.1, -0.05) is 0 Å². The fourth-order valence-electron chi connectivity index (χ4n) is 3.27. The molecule has 2 atom stereocenters. The average molecular weight is 496 g/mol. The number of nitrogens with one attached hydrogen (secondary N) is 2. The first-order chi connectivity index (χ1) is 16.6. The van der Waals surface area contributed by atoms with Crippen molar-refractivity contribution in [3.63, 3.8) is 0 Å². The normalized spacial score (nSPS) is 19.3. The molecule has 188 valence electrons. The Bertz CT molecular complexity index is 1090. The smallest absolute Gasteiger partial charge is 0.490 e. The van der Waals surface area contributed by atoms with Crippen LogP contribution in [0, 0.1) is 11.3 Å². The minimum Gasteiger partial charge on any atom is -0.490 e. The number of carboxylic acid groups (broad SMARTS) is 1. The molecule has 1 aliphatic carbocycles. The van der Waals surface area contributed by atoms with E-state index in [1.807, 2.05) is 0 Å². The van der Waals surface area contributed by atoms with Crippen LogP contribution in [0.3, 0.4) is 0 Å². The molecule has 0 bridgehead atoms. The number of alkyl halides is 3. The van der Waals surface area contributed by atoms with E-state index >= 15 is 0 Å². The number of oxazole rings is 1. The number of methoxy groups -OCH3 is 1. The number of carbonyl (C=O) groups excluding carboxylic acids is 1. The number of aromatic nitrogens is 1. The van der Waals surface area contributed by atoms with Gasteiger partial charge < -0.3 is 29.6 Å². The summed E-state index contributed by atoms with van der Waals surface area (Å²) in [6, 6.07) is 7.49. The number of carboxylic acids is 1. The quantitative estimate of drug-likeness (QED) is 0.526. The molecule has 13 heteroatoms. The van der Waals surface area contributed by atoms with Gasteiger partial charge in [0.1, 0.15) is 5.75 Å². The maximum absolute atomic E-state index is 12.5. The Balaban J connectivity index is 0.000000429. The van der Waals surface area contributed by atoms with Crippen molar-refractivity contribution in [1.82, 2.24) is 15.6 Å². The summed E-state index contributed by atoms with van der Waals surface area (Å²) in [4.78, 5) is 25.5. The molecule has 1 aliphatic heterocycles. The Labute approximate surface area is 198 Å². The summed E-state index contributed by atoms with van der Waals surface area (Å²) in [5, 5.41) is 22.5. The van der Waals surface area contributed by atoms with E-state index in [1.54, 1.807) is 25.3 Å². The third kappa shape index (κ3) is 7.43. The van der Waals surface area contributed by atoms with Gasteiger partial charge in [-0.15, -0.1) is 0 Å². The molecule has 1 saturated carbocycles. The van der Waals surface area contributed by atoms with Crippen molar-refractivity contribution in [2.24, 2.45) is 0 Å². The number of hydrogen-bond donors (Lipinski definition) is 3. The van der Waals surface area contributed by atoms with E-state index in [0.29, 0.717) is 35.8 Å². The van der Waals surface area contributed by atoms with Crippen LogP contribution in [-0.4, -0.2) is 66.6 Å². The van der Waals surface area contributed by atoms with Gasteiger partial charge in [-0.25, -0.2) is 9.78 Å². The van der Waals surface area contributed by atoms with Crippen molar-refractivity contribution in [3.05, 3.63) is 35.9 Å². The summed E-state index contributed by atoms with van der Waals surface area (Å²) in [5.41, 5.74) is 1.11. The highest BCUT2D eigenvalue weighted by Gasteiger charge is 2.38. The third-order valence-corrected chi connectivity index (χ3v) is 5.06. The lowest BCUT2D eigenvalue weighted by molar-refractivity contribution is -0.192. The molecule has 1 saturated heterocycles. The van der Waals surface area contributed by atoms with Crippen LogP contribution in [0.4, 0.5) is 13.2 Å². The number of aliphatic carboxylic acids is 1. The maximum atomic E-state index is 12.5. The van der Waals surface area contributed by atoms with Gasteiger partial charge in [-0.3, -0.25) is 4.79 Å². The molecular weight excluding hydrogens is 473 g/mol. The summed E-state index contributed by atoms with van der Waals surface area (Å²) in [6.07, 6.45) is -0.568. The molecule has 0 unspecified atom stereocenters. The molecule has 2 aromatic rings. The minimum absolute atomic E-state index is 0.00122. The number of rotatable bonds is 7. The van der Waals surface area contributed by atoms with Gasteiger partial charge >= 0.3 is 18.1 Å².